The fourth-order valence-corrected chi connectivity index (χ4v) is 3.12. The minimum atomic E-state index is -0.998. The van der Waals surface area contributed by atoms with E-state index < -0.39 is 24.1 Å². The Morgan fingerprint density at radius 1 is 1.41 bits per heavy atom. The van der Waals surface area contributed by atoms with E-state index in [-0.39, 0.29) is 25.5 Å². The first-order valence-electron chi connectivity index (χ1n) is 8.54. The number of carbonyl (C=O) groups excluding carboxylic acids is 2. The lowest BCUT2D eigenvalue weighted by molar-refractivity contribution is -0.119. The monoisotopic (exact) mass is 377 g/mol. The number of halogens is 1. The van der Waals surface area contributed by atoms with E-state index in [2.05, 4.69) is 5.32 Å². The molecule has 0 unspecified atom stereocenters. The largest absolute Gasteiger partial charge is 0.465 e. The molecule has 1 aromatic carbocycles. The predicted octanol–water partition coefficient (Wildman–Crippen LogP) is 2.05. The number of ether oxygens (including phenoxy) is 1. The van der Waals surface area contributed by atoms with Gasteiger partial charge in [0.05, 0.1) is 18.8 Å². The van der Waals surface area contributed by atoms with Crippen molar-refractivity contribution in [2.45, 2.75) is 19.4 Å². The molecule has 2 aliphatic rings. The van der Waals surface area contributed by atoms with Crippen LogP contribution in [0.3, 0.4) is 0 Å². The molecule has 0 aromatic heterocycles. The van der Waals surface area contributed by atoms with Crippen molar-refractivity contribution in [2.24, 2.45) is 0 Å². The molecule has 0 radical (unpaired) electrons. The highest BCUT2D eigenvalue weighted by atomic mass is 19.1. The van der Waals surface area contributed by atoms with Gasteiger partial charge in [0.2, 0.25) is 5.91 Å². The Balaban J connectivity index is 1.71. The topological polar surface area (TPSA) is 99.2 Å². The first-order chi connectivity index (χ1) is 12.8. The van der Waals surface area contributed by atoms with Crippen LogP contribution < -0.4 is 10.2 Å². The van der Waals surface area contributed by atoms with Crippen LogP contribution in [0.15, 0.2) is 24.3 Å². The van der Waals surface area contributed by atoms with Gasteiger partial charge in [-0.2, -0.15) is 0 Å². The number of nitrogens with zero attached hydrogens (tertiary/aromatic N) is 2. The normalized spacial score (nSPS) is 19.6. The minimum Gasteiger partial charge on any atom is -0.465 e. The number of nitrogens with one attached hydrogen (secondary N) is 1. The Bertz CT molecular complexity index is 810. The highest BCUT2D eigenvalue weighted by Crippen LogP contribution is 2.29. The van der Waals surface area contributed by atoms with Crippen LogP contribution in [0.25, 0.3) is 5.57 Å². The molecule has 1 atom stereocenters. The van der Waals surface area contributed by atoms with Gasteiger partial charge in [0, 0.05) is 25.6 Å². The molecule has 9 heteroatoms. The second-order valence-electron chi connectivity index (χ2n) is 6.43. The summed E-state index contributed by atoms with van der Waals surface area (Å²) in [5.41, 5.74) is 1.50. The highest BCUT2D eigenvalue weighted by Gasteiger charge is 2.32. The number of cyclic esters (lactones) is 1. The van der Waals surface area contributed by atoms with Crippen molar-refractivity contribution in [1.82, 2.24) is 10.2 Å². The van der Waals surface area contributed by atoms with Gasteiger partial charge in [-0.15, -0.1) is 0 Å². The maximum absolute atomic E-state index is 14.6. The van der Waals surface area contributed by atoms with Gasteiger partial charge < -0.3 is 20.1 Å². The molecule has 27 heavy (non-hydrogen) atoms. The molecule has 3 amide bonds. The van der Waals surface area contributed by atoms with Gasteiger partial charge in [-0.25, -0.2) is 14.0 Å². The molecule has 0 saturated carbocycles. The summed E-state index contributed by atoms with van der Waals surface area (Å²) in [5.74, 6) is -0.706. The van der Waals surface area contributed by atoms with Crippen molar-refractivity contribution in [3.05, 3.63) is 35.7 Å². The minimum absolute atomic E-state index is 0.200. The summed E-state index contributed by atoms with van der Waals surface area (Å²) in [5, 5.41) is 11.6. The van der Waals surface area contributed by atoms with Gasteiger partial charge in [-0.05, 0) is 30.2 Å². The van der Waals surface area contributed by atoms with Crippen molar-refractivity contribution >= 4 is 29.4 Å². The molecule has 0 spiro atoms. The van der Waals surface area contributed by atoms with Gasteiger partial charge in [0.1, 0.15) is 11.9 Å². The second-order valence-corrected chi connectivity index (χ2v) is 6.43. The molecule has 2 heterocycles. The van der Waals surface area contributed by atoms with E-state index in [1.165, 1.54) is 22.8 Å². The molecular weight excluding hydrogens is 357 g/mol. The van der Waals surface area contributed by atoms with Crippen LogP contribution in [0.5, 0.6) is 0 Å². The van der Waals surface area contributed by atoms with Gasteiger partial charge in [-0.1, -0.05) is 6.08 Å². The Labute approximate surface area is 155 Å². The van der Waals surface area contributed by atoms with E-state index in [4.69, 9.17) is 9.84 Å². The first kappa shape index (κ1) is 18.7. The Hall–Kier alpha value is -3.10. The zero-order valence-corrected chi connectivity index (χ0v) is 14.8. The van der Waals surface area contributed by atoms with Crippen LogP contribution in [-0.2, 0) is 9.53 Å². The second kappa shape index (κ2) is 7.65. The first-order valence-corrected chi connectivity index (χ1v) is 8.54. The molecular formula is C18H20FN3O5. The van der Waals surface area contributed by atoms with Gasteiger partial charge in [-0.3, -0.25) is 9.69 Å². The lowest BCUT2D eigenvalue weighted by atomic mass is 9.98. The molecule has 8 nitrogen and oxygen atoms in total. The molecule has 1 fully saturated rings. The maximum Gasteiger partial charge on any atom is 0.414 e. The molecule has 0 aliphatic carbocycles. The summed E-state index contributed by atoms with van der Waals surface area (Å²) in [7, 11) is 0. The van der Waals surface area contributed by atoms with Crippen molar-refractivity contribution < 1.29 is 28.6 Å². The van der Waals surface area contributed by atoms with E-state index in [9.17, 15) is 18.8 Å². The highest BCUT2D eigenvalue weighted by molar-refractivity contribution is 5.90. The zero-order chi connectivity index (χ0) is 19.6. The van der Waals surface area contributed by atoms with Gasteiger partial charge in [0.25, 0.3) is 0 Å². The molecule has 2 N–H and O–H groups in total. The standard InChI is InChI=1S/C18H20FN3O5/c1-11(23)20-9-14-10-22(18(26)27-14)13-2-3-15(16(19)8-13)12-4-6-21(7-5-12)17(24)25/h2-4,8,14H,5-7,9-10H2,1H3,(H,20,23)(H,24,25)/t14-/m0/s1. The number of amides is 3. The summed E-state index contributed by atoms with van der Waals surface area (Å²) in [4.78, 5) is 36.5. The van der Waals surface area contributed by atoms with Gasteiger partial charge >= 0.3 is 12.2 Å². The van der Waals surface area contributed by atoms with Crippen molar-refractivity contribution in [1.29, 1.82) is 0 Å². The Morgan fingerprint density at radius 3 is 2.78 bits per heavy atom. The summed E-state index contributed by atoms with van der Waals surface area (Å²) in [6.07, 6.45) is 0.0392. The van der Waals surface area contributed by atoms with Crippen molar-refractivity contribution in [2.75, 3.05) is 31.1 Å². The average molecular weight is 377 g/mol. The van der Waals surface area contributed by atoms with Gasteiger partial charge in [0.15, 0.2) is 0 Å². The van der Waals surface area contributed by atoms with Crippen LogP contribution in [0, 0.1) is 5.82 Å². The van der Waals surface area contributed by atoms with Crippen LogP contribution >= 0.6 is 0 Å². The van der Waals surface area contributed by atoms with Crippen LogP contribution in [0.4, 0.5) is 19.7 Å². The van der Waals surface area contributed by atoms with Crippen molar-refractivity contribution in [3.63, 3.8) is 0 Å². The third-order valence-electron chi connectivity index (χ3n) is 4.54. The zero-order valence-electron chi connectivity index (χ0n) is 14.8. The third kappa shape index (κ3) is 4.18. The van der Waals surface area contributed by atoms with E-state index in [1.54, 1.807) is 18.2 Å². The predicted molar refractivity (Wildman–Crippen MR) is 94.9 cm³/mol. The number of carboxylic acid groups (broad SMARTS) is 1. The summed E-state index contributed by atoms with van der Waals surface area (Å²) in [6.45, 7) is 2.32. The Morgan fingerprint density at radius 2 is 2.19 bits per heavy atom. The SMILES string of the molecule is CC(=O)NC[C@H]1CN(c2ccc(C3=CCN(C(=O)O)CC3)c(F)c2)C(=O)O1. The molecule has 2 aliphatic heterocycles. The summed E-state index contributed by atoms with van der Waals surface area (Å²) in [6, 6.07) is 4.48. The number of benzene rings is 1. The van der Waals surface area contributed by atoms with E-state index in [0.717, 1.165) is 5.57 Å². The Kier molecular flexibility index (Phi) is 5.29. The number of hydrogen-bond acceptors (Lipinski definition) is 4. The van der Waals surface area contributed by atoms with Crippen LogP contribution in [0.2, 0.25) is 0 Å². The summed E-state index contributed by atoms with van der Waals surface area (Å²) < 4.78 is 19.8. The number of hydrogen-bond donors (Lipinski definition) is 2. The molecule has 3 rings (SSSR count). The molecule has 1 saturated heterocycles. The molecule has 144 valence electrons. The van der Waals surface area contributed by atoms with E-state index in [1.807, 2.05) is 0 Å². The van der Waals surface area contributed by atoms with E-state index in [0.29, 0.717) is 24.2 Å². The molecule has 1 aromatic rings. The lowest BCUT2D eigenvalue weighted by Crippen LogP contribution is -2.33. The quantitative estimate of drug-likeness (QED) is 0.837. The average Bonchev–Trinajstić information content (AvgIpc) is 3.01. The molecule has 0 bridgehead atoms. The number of carbonyl (C=O) groups is 3. The third-order valence-corrected chi connectivity index (χ3v) is 4.54. The van der Waals surface area contributed by atoms with Crippen LogP contribution in [-0.4, -0.2) is 60.4 Å². The fourth-order valence-electron chi connectivity index (χ4n) is 3.12. The summed E-state index contributed by atoms with van der Waals surface area (Å²) >= 11 is 0. The maximum atomic E-state index is 14.6. The van der Waals surface area contributed by atoms with E-state index >= 15 is 0 Å². The van der Waals surface area contributed by atoms with Crippen LogP contribution in [0.1, 0.15) is 18.9 Å². The lowest BCUT2D eigenvalue weighted by Gasteiger charge is -2.24. The fraction of sp³-hybridized carbons (Fsp3) is 0.389. The number of rotatable bonds is 4. The van der Waals surface area contributed by atoms with Crippen molar-refractivity contribution in [3.8, 4) is 0 Å². The number of anilines is 1. The smallest absolute Gasteiger partial charge is 0.414 e.